The Morgan fingerprint density at radius 3 is 2.33 bits per heavy atom. The van der Waals surface area contributed by atoms with E-state index < -0.39 is 0 Å². The highest BCUT2D eigenvalue weighted by Gasteiger charge is 2.20. The molecule has 0 aliphatic carbocycles. The smallest absolute Gasteiger partial charge is 0.0518 e. The molecule has 1 N–H and O–H groups in total. The minimum atomic E-state index is 0.271. The number of benzene rings is 2. The maximum Gasteiger partial charge on any atom is 0.0518 e. The Bertz CT molecular complexity index is 584. The van der Waals surface area contributed by atoms with Crippen LogP contribution in [0.1, 0.15) is 44.4 Å². The van der Waals surface area contributed by atoms with Gasteiger partial charge in [-0.3, -0.25) is 0 Å². The van der Waals surface area contributed by atoms with Gasteiger partial charge in [-0.15, -0.1) is 0 Å². The van der Waals surface area contributed by atoms with Gasteiger partial charge in [0.25, 0.3) is 0 Å². The molecule has 1 nitrogen and oxygen atoms in total. The lowest BCUT2D eigenvalue weighted by Gasteiger charge is -2.28. The summed E-state index contributed by atoms with van der Waals surface area (Å²) < 4.78 is 1.11. The predicted molar refractivity (Wildman–Crippen MR) is 95.8 cm³/mol. The van der Waals surface area contributed by atoms with Crippen LogP contribution in [-0.2, 0) is 0 Å². The van der Waals surface area contributed by atoms with Gasteiger partial charge in [0, 0.05) is 10.2 Å². The molecule has 1 unspecified atom stereocenters. The van der Waals surface area contributed by atoms with E-state index in [2.05, 4.69) is 97.5 Å². The summed E-state index contributed by atoms with van der Waals surface area (Å²) in [5.41, 5.74) is 4.08. The maximum atomic E-state index is 3.73. The van der Waals surface area contributed by atoms with Crippen molar-refractivity contribution >= 4 is 21.6 Å². The number of halogens is 1. The number of rotatable bonds is 4. The van der Waals surface area contributed by atoms with Gasteiger partial charge in [-0.25, -0.2) is 0 Å². The van der Waals surface area contributed by atoms with Crippen LogP contribution in [0.5, 0.6) is 0 Å². The Morgan fingerprint density at radius 2 is 1.71 bits per heavy atom. The van der Waals surface area contributed by atoms with E-state index in [0.29, 0.717) is 6.04 Å². The van der Waals surface area contributed by atoms with Crippen LogP contribution in [0.2, 0.25) is 0 Å². The molecule has 1 atom stereocenters. The second kappa shape index (κ2) is 6.65. The molecule has 2 aromatic carbocycles. The van der Waals surface area contributed by atoms with Crippen molar-refractivity contribution in [3.63, 3.8) is 0 Å². The Hall–Kier alpha value is -1.28. The van der Waals surface area contributed by atoms with E-state index in [0.717, 1.165) is 10.9 Å². The number of aryl methyl sites for hydroxylation is 1. The largest absolute Gasteiger partial charge is 0.378 e. The summed E-state index contributed by atoms with van der Waals surface area (Å²) in [6.07, 6.45) is 1.09. The fourth-order valence-corrected chi connectivity index (χ4v) is 2.85. The third kappa shape index (κ3) is 4.89. The minimum absolute atomic E-state index is 0.271. The highest BCUT2D eigenvalue weighted by atomic mass is 79.9. The van der Waals surface area contributed by atoms with Gasteiger partial charge in [0.1, 0.15) is 0 Å². The monoisotopic (exact) mass is 345 g/mol. The third-order valence-electron chi connectivity index (χ3n) is 3.55. The van der Waals surface area contributed by atoms with Gasteiger partial charge in [-0.05, 0) is 42.0 Å². The molecule has 0 bridgehead atoms. The Morgan fingerprint density at radius 1 is 1.05 bits per heavy atom. The van der Waals surface area contributed by atoms with E-state index in [1.807, 2.05) is 0 Å². The predicted octanol–water partition coefficient (Wildman–Crippen LogP) is 6.35. The summed E-state index contributed by atoms with van der Waals surface area (Å²) in [4.78, 5) is 0. The number of hydrogen-bond donors (Lipinski definition) is 1. The van der Waals surface area contributed by atoms with Crippen molar-refractivity contribution in [1.29, 1.82) is 0 Å². The first-order valence-electron chi connectivity index (χ1n) is 7.43. The molecule has 112 valence electrons. The molecule has 0 aliphatic rings. The normalized spacial score (nSPS) is 13.0. The molecular weight excluding hydrogens is 322 g/mol. The van der Waals surface area contributed by atoms with Crippen molar-refractivity contribution in [2.24, 2.45) is 5.41 Å². The van der Waals surface area contributed by atoms with E-state index in [-0.39, 0.29) is 5.41 Å². The molecule has 0 saturated carbocycles. The van der Waals surface area contributed by atoms with Crippen molar-refractivity contribution in [2.45, 2.75) is 40.2 Å². The topological polar surface area (TPSA) is 12.0 Å². The number of anilines is 1. The van der Waals surface area contributed by atoms with Gasteiger partial charge in [0.05, 0.1) is 6.04 Å². The van der Waals surface area contributed by atoms with Crippen molar-refractivity contribution < 1.29 is 0 Å². The summed E-state index contributed by atoms with van der Waals surface area (Å²) in [6, 6.07) is 17.4. The Kier molecular flexibility index (Phi) is 5.10. The molecule has 0 heterocycles. The zero-order chi connectivity index (χ0) is 15.5. The van der Waals surface area contributed by atoms with Gasteiger partial charge in [0.15, 0.2) is 0 Å². The fraction of sp³-hybridized carbons (Fsp3) is 0.368. The van der Waals surface area contributed by atoms with Gasteiger partial charge in [-0.2, -0.15) is 0 Å². The van der Waals surface area contributed by atoms with E-state index in [4.69, 9.17) is 0 Å². The Balaban J connectivity index is 2.30. The molecule has 0 amide bonds. The highest BCUT2D eigenvalue weighted by Crippen LogP contribution is 2.33. The van der Waals surface area contributed by atoms with Gasteiger partial charge in [-0.1, -0.05) is 73.1 Å². The van der Waals surface area contributed by atoms with Crippen molar-refractivity contribution in [3.8, 4) is 0 Å². The number of hydrogen-bond acceptors (Lipinski definition) is 1. The molecule has 2 heteroatoms. The van der Waals surface area contributed by atoms with Crippen LogP contribution in [0.4, 0.5) is 5.69 Å². The molecule has 0 radical (unpaired) electrons. The minimum Gasteiger partial charge on any atom is -0.378 e. The fourth-order valence-electron chi connectivity index (χ4n) is 2.49. The summed E-state index contributed by atoms with van der Waals surface area (Å²) in [5.74, 6) is 0. The average molecular weight is 346 g/mol. The van der Waals surface area contributed by atoms with Crippen molar-refractivity contribution in [1.82, 2.24) is 0 Å². The molecule has 2 aromatic rings. The first-order valence-corrected chi connectivity index (χ1v) is 8.22. The summed E-state index contributed by atoms with van der Waals surface area (Å²) >= 11 is 3.56. The third-order valence-corrected chi connectivity index (χ3v) is 4.04. The summed E-state index contributed by atoms with van der Waals surface area (Å²) in [5, 5.41) is 3.73. The van der Waals surface area contributed by atoms with Gasteiger partial charge in [0.2, 0.25) is 0 Å². The second-order valence-corrected chi connectivity index (χ2v) is 7.75. The van der Waals surface area contributed by atoms with Gasteiger partial charge >= 0.3 is 0 Å². The first-order chi connectivity index (χ1) is 9.85. The lowest BCUT2D eigenvalue weighted by atomic mass is 9.85. The van der Waals surface area contributed by atoms with Crippen LogP contribution in [0.15, 0.2) is 53.0 Å². The highest BCUT2D eigenvalue weighted by molar-refractivity contribution is 9.10. The van der Waals surface area contributed by atoms with E-state index in [9.17, 15) is 0 Å². The molecule has 0 saturated heterocycles. The molecule has 0 spiro atoms. The second-order valence-electron chi connectivity index (χ2n) is 6.83. The van der Waals surface area contributed by atoms with Crippen LogP contribution in [0.25, 0.3) is 0 Å². The van der Waals surface area contributed by atoms with Crippen LogP contribution in [0, 0.1) is 12.3 Å². The number of nitrogens with one attached hydrogen (secondary N) is 1. The van der Waals surface area contributed by atoms with Crippen molar-refractivity contribution in [2.75, 3.05) is 5.32 Å². The van der Waals surface area contributed by atoms with Crippen molar-refractivity contribution in [3.05, 3.63) is 64.1 Å². The summed E-state index contributed by atoms with van der Waals surface area (Å²) in [7, 11) is 0. The first kappa shape index (κ1) is 16.1. The maximum absolute atomic E-state index is 3.73. The molecule has 2 rings (SSSR count). The van der Waals surface area contributed by atoms with E-state index >= 15 is 0 Å². The lowest BCUT2D eigenvalue weighted by Crippen LogP contribution is -2.19. The SMILES string of the molecule is Cc1ccc(Br)cc1NC(CC(C)(C)C)c1ccccc1. The molecule has 0 aromatic heterocycles. The van der Waals surface area contributed by atoms with Gasteiger partial charge < -0.3 is 5.32 Å². The van der Waals surface area contributed by atoms with E-state index in [1.165, 1.54) is 16.8 Å². The quantitative estimate of drug-likeness (QED) is 0.680. The molecule has 21 heavy (non-hydrogen) atoms. The zero-order valence-electron chi connectivity index (χ0n) is 13.3. The Labute approximate surface area is 136 Å². The van der Waals surface area contributed by atoms with E-state index in [1.54, 1.807) is 0 Å². The lowest BCUT2D eigenvalue weighted by molar-refractivity contribution is 0.352. The average Bonchev–Trinajstić information content (AvgIpc) is 2.42. The molecular formula is C19H24BrN. The van der Waals surface area contributed by atoms with Crippen LogP contribution in [0.3, 0.4) is 0 Å². The zero-order valence-corrected chi connectivity index (χ0v) is 14.9. The summed E-state index contributed by atoms with van der Waals surface area (Å²) in [6.45, 7) is 9.02. The molecule has 0 fully saturated rings. The standard InChI is InChI=1S/C19H24BrN/c1-14-10-11-16(20)12-17(14)21-18(13-19(2,3)4)15-8-6-5-7-9-15/h5-12,18,21H,13H2,1-4H3. The molecule has 0 aliphatic heterocycles. The van der Waals surface area contributed by atoms with Crippen LogP contribution >= 0.6 is 15.9 Å². The van der Waals surface area contributed by atoms with Crippen LogP contribution < -0.4 is 5.32 Å². The van der Waals surface area contributed by atoms with Crippen LogP contribution in [-0.4, -0.2) is 0 Å².